The number of hydrogen-bond acceptors (Lipinski definition) is 1. The topological polar surface area (TPSA) is 0 Å². The van der Waals surface area contributed by atoms with Gasteiger partial charge in [-0.2, -0.15) is 0 Å². The van der Waals surface area contributed by atoms with Gasteiger partial charge in [-0.25, -0.2) is 0 Å². The molecule has 0 aliphatic carbocycles. The molecule has 0 saturated carbocycles. The summed E-state index contributed by atoms with van der Waals surface area (Å²) in [6, 6.07) is 14.4. The van der Waals surface area contributed by atoms with Gasteiger partial charge >= 0.3 is 0 Å². The molecule has 0 unspecified atom stereocenters. The van der Waals surface area contributed by atoms with Crippen molar-refractivity contribution in [1.82, 2.24) is 0 Å². The average molecular weight is 361 g/mol. The summed E-state index contributed by atoms with van der Waals surface area (Å²) in [5.74, 6) is 0. The van der Waals surface area contributed by atoms with E-state index in [4.69, 9.17) is 11.6 Å². The van der Waals surface area contributed by atoms with Crippen LogP contribution in [0.2, 0.25) is 5.02 Å². The number of aryl methyl sites for hydroxylation is 1. The standard InChI is InChI=1S/C13H10ClIS/c1-9-8-12(6-7-13(9)15)16-11-4-2-10(14)3-5-11/h2-8H,1H3. The van der Waals surface area contributed by atoms with Crippen LogP contribution >= 0.6 is 46.0 Å². The van der Waals surface area contributed by atoms with E-state index in [2.05, 4.69) is 47.7 Å². The zero-order chi connectivity index (χ0) is 11.5. The van der Waals surface area contributed by atoms with E-state index in [9.17, 15) is 0 Å². The van der Waals surface area contributed by atoms with Gasteiger partial charge in [0.15, 0.2) is 0 Å². The van der Waals surface area contributed by atoms with Crippen LogP contribution in [0.25, 0.3) is 0 Å². The van der Waals surface area contributed by atoms with Gasteiger partial charge in [0.2, 0.25) is 0 Å². The highest BCUT2D eigenvalue weighted by Gasteiger charge is 2.00. The third kappa shape index (κ3) is 3.15. The maximum absolute atomic E-state index is 5.85. The Morgan fingerprint density at radius 3 is 2.25 bits per heavy atom. The highest BCUT2D eigenvalue weighted by atomic mass is 127. The molecule has 82 valence electrons. The summed E-state index contributed by atoms with van der Waals surface area (Å²) >= 11 is 9.96. The Morgan fingerprint density at radius 1 is 1.00 bits per heavy atom. The van der Waals surface area contributed by atoms with Crippen LogP contribution in [-0.4, -0.2) is 0 Å². The average Bonchev–Trinajstić information content (AvgIpc) is 2.27. The van der Waals surface area contributed by atoms with E-state index in [0.717, 1.165) is 5.02 Å². The van der Waals surface area contributed by atoms with Crippen molar-refractivity contribution in [2.75, 3.05) is 0 Å². The lowest BCUT2D eigenvalue weighted by Gasteiger charge is -2.04. The van der Waals surface area contributed by atoms with Crippen molar-refractivity contribution in [2.45, 2.75) is 16.7 Å². The van der Waals surface area contributed by atoms with Crippen molar-refractivity contribution in [3.05, 3.63) is 56.6 Å². The Kier molecular flexibility index (Phi) is 4.16. The van der Waals surface area contributed by atoms with Gasteiger partial charge in [0.25, 0.3) is 0 Å². The van der Waals surface area contributed by atoms with E-state index in [1.54, 1.807) is 11.8 Å². The third-order valence-corrected chi connectivity index (χ3v) is 4.64. The van der Waals surface area contributed by atoms with Gasteiger partial charge in [-0.3, -0.25) is 0 Å². The monoisotopic (exact) mass is 360 g/mol. The summed E-state index contributed by atoms with van der Waals surface area (Å²) < 4.78 is 1.30. The first-order valence-corrected chi connectivity index (χ1v) is 7.12. The van der Waals surface area contributed by atoms with E-state index in [1.165, 1.54) is 18.9 Å². The van der Waals surface area contributed by atoms with E-state index >= 15 is 0 Å². The highest BCUT2D eigenvalue weighted by Crippen LogP contribution is 2.30. The fraction of sp³-hybridized carbons (Fsp3) is 0.0769. The highest BCUT2D eigenvalue weighted by molar-refractivity contribution is 14.1. The molecular formula is C13H10ClIS. The summed E-state index contributed by atoms with van der Waals surface area (Å²) in [5.41, 5.74) is 1.32. The Bertz CT molecular complexity index is 494. The third-order valence-electron chi connectivity index (χ3n) is 2.18. The lowest BCUT2D eigenvalue weighted by molar-refractivity contribution is 1.32. The number of benzene rings is 2. The van der Waals surface area contributed by atoms with Crippen LogP contribution in [0, 0.1) is 10.5 Å². The van der Waals surface area contributed by atoms with Crippen molar-refractivity contribution >= 4 is 46.0 Å². The van der Waals surface area contributed by atoms with Crippen molar-refractivity contribution in [2.24, 2.45) is 0 Å². The van der Waals surface area contributed by atoms with Crippen LogP contribution in [0.3, 0.4) is 0 Å². The fourth-order valence-electron chi connectivity index (χ4n) is 1.32. The molecule has 0 N–H and O–H groups in total. The molecule has 0 nitrogen and oxygen atoms in total. The Morgan fingerprint density at radius 2 is 1.62 bits per heavy atom. The summed E-state index contributed by atoms with van der Waals surface area (Å²) in [6.45, 7) is 2.13. The van der Waals surface area contributed by atoms with E-state index < -0.39 is 0 Å². The smallest absolute Gasteiger partial charge is 0.0406 e. The second-order valence-electron chi connectivity index (χ2n) is 3.47. The van der Waals surface area contributed by atoms with Crippen molar-refractivity contribution < 1.29 is 0 Å². The van der Waals surface area contributed by atoms with Crippen LogP contribution < -0.4 is 0 Å². The van der Waals surface area contributed by atoms with E-state index in [-0.39, 0.29) is 0 Å². The lowest BCUT2D eigenvalue weighted by atomic mass is 10.2. The summed E-state index contributed by atoms with van der Waals surface area (Å²) in [7, 11) is 0. The number of rotatable bonds is 2. The molecule has 0 bridgehead atoms. The maximum Gasteiger partial charge on any atom is 0.0406 e. The van der Waals surface area contributed by atoms with E-state index in [1.807, 2.05) is 24.3 Å². The van der Waals surface area contributed by atoms with Gasteiger partial charge in [0.1, 0.15) is 0 Å². The second kappa shape index (κ2) is 5.43. The molecule has 0 radical (unpaired) electrons. The van der Waals surface area contributed by atoms with Crippen molar-refractivity contribution in [3.63, 3.8) is 0 Å². The van der Waals surface area contributed by atoms with Gasteiger partial charge < -0.3 is 0 Å². The van der Waals surface area contributed by atoms with Crippen molar-refractivity contribution in [1.29, 1.82) is 0 Å². The molecule has 0 fully saturated rings. The maximum atomic E-state index is 5.85. The Hall–Kier alpha value is -0.190. The zero-order valence-corrected chi connectivity index (χ0v) is 12.4. The first-order valence-electron chi connectivity index (χ1n) is 4.85. The van der Waals surface area contributed by atoms with Crippen LogP contribution in [0.5, 0.6) is 0 Å². The van der Waals surface area contributed by atoms with Gasteiger partial charge in [-0.15, -0.1) is 0 Å². The molecule has 2 aromatic rings. The SMILES string of the molecule is Cc1cc(Sc2ccc(Cl)cc2)ccc1I. The first-order chi connectivity index (χ1) is 7.65. The molecule has 0 aliphatic heterocycles. The summed E-state index contributed by atoms with van der Waals surface area (Å²) in [6.07, 6.45) is 0. The summed E-state index contributed by atoms with van der Waals surface area (Å²) in [4.78, 5) is 2.48. The minimum absolute atomic E-state index is 0.781. The predicted octanol–water partition coefficient (Wildman–Crippen LogP) is 5.40. The predicted molar refractivity (Wildman–Crippen MR) is 79.5 cm³/mol. The molecular weight excluding hydrogens is 351 g/mol. The molecule has 0 aromatic heterocycles. The summed E-state index contributed by atoms with van der Waals surface area (Å²) in [5, 5.41) is 0.781. The quantitative estimate of drug-likeness (QED) is 0.646. The fourth-order valence-corrected chi connectivity index (χ4v) is 2.70. The van der Waals surface area contributed by atoms with Crippen molar-refractivity contribution in [3.8, 4) is 0 Å². The first kappa shape index (κ1) is 12.3. The van der Waals surface area contributed by atoms with Gasteiger partial charge in [-0.1, -0.05) is 23.4 Å². The molecule has 2 rings (SSSR count). The molecule has 0 heterocycles. The van der Waals surface area contributed by atoms with Crippen LogP contribution in [0.4, 0.5) is 0 Å². The van der Waals surface area contributed by atoms with Crippen LogP contribution in [0.15, 0.2) is 52.3 Å². The normalized spacial score (nSPS) is 10.4. The minimum atomic E-state index is 0.781. The van der Waals surface area contributed by atoms with Crippen LogP contribution in [0.1, 0.15) is 5.56 Å². The minimum Gasteiger partial charge on any atom is -0.0901 e. The molecule has 0 amide bonds. The second-order valence-corrected chi connectivity index (χ2v) is 6.21. The Labute approximate surface area is 119 Å². The molecule has 2 aromatic carbocycles. The molecule has 0 atom stereocenters. The zero-order valence-electron chi connectivity index (χ0n) is 8.71. The van der Waals surface area contributed by atoms with Gasteiger partial charge in [-0.05, 0) is 77.5 Å². The van der Waals surface area contributed by atoms with Gasteiger partial charge in [0.05, 0.1) is 0 Å². The lowest BCUT2D eigenvalue weighted by Crippen LogP contribution is -1.80. The molecule has 0 saturated heterocycles. The van der Waals surface area contributed by atoms with Gasteiger partial charge in [0, 0.05) is 18.4 Å². The largest absolute Gasteiger partial charge is 0.0901 e. The Balaban J connectivity index is 2.20. The molecule has 0 aliphatic rings. The van der Waals surface area contributed by atoms with E-state index in [0.29, 0.717) is 0 Å². The molecule has 16 heavy (non-hydrogen) atoms. The molecule has 3 heteroatoms. The number of hydrogen-bond donors (Lipinski definition) is 0. The number of halogens is 2. The van der Waals surface area contributed by atoms with Crippen LogP contribution in [-0.2, 0) is 0 Å². The molecule has 0 spiro atoms.